The van der Waals surface area contributed by atoms with Gasteiger partial charge in [0, 0.05) is 44.2 Å². The van der Waals surface area contributed by atoms with Crippen molar-refractivity contribution in [3.63, 3.8) is 0 Å². The van der Waals surface area contributed by atoms with Gasteiger partial charge in [-0.05, 0) is 31.1 Å². The molecule has 0 unspecified atom stereocenters. The zero-order valence-corrected chi connectivity index (χ0v) is 13.4. The van der Waals surface area contributed by atoms with E-state index >= 15 is 0 Å². The number of carbonyl (C=O) groups is 1. The summed E-state index contributed by atoms with van der Waals surface area (Å²) in [6.45, 7) is 6.75. The van der Waals surface area contributed by atoms with Crippen molar-refractivity contribution in [3.05, 3.63) is 0 Å². The summed E-state index contributed by atoms with van der Waals surface area (Å²) in [4.78, 5) is 12.2. The van der Waals surface area contributed by atoms with E-state index < -0.39 is 0 Å². The summed E-state index contributed by atoms with van der Waals surface area (Å²) in [6.07, 6.45) is 4.82. The molecule has 0 radical (unpaired) electrons. The van der Waals surface area contributed by atoms with Gasteiger partial charge in [-0.25, -0.2) is 4.79 Å². The van der Waals surface area contributed by atoms with Crippen LogP contribution in [0.15, 0.2) is 0 Å². The van der Waals surface area contributed by atoms with Gasteiger partial charge < -0.3 is 20.1 Å². The molecular formula is C16H28N2O3. The van der Waals surface area contributed by atoms with Gasteiger partial charge in [-0.2, -0.15) is 0 Å². The molecule has 3 atom stereocenters. The Morgan fingerprint density at radius 3 is 2.81 bits per heavy atom. The fourth-order valence-corrected chi connectivity index (χ4v) is 4.09. The first-order valence-electron chi connectivity index (χ1n) is 8.13. The third kappa shape index (κ3) is 2.78. The quantitative estimate of drug-likeness (QED) is 0.787. The summed E-state index contributed by atoms with van der Waals surface area (Å²) in [5, 5.41) is 6.24. The minimum atomic E-state index is -0.0258. The lowest BCUT2D eigenvalue weighted by atomic mass is 9.57. The summed E-state index contributed by atoms with van der Waals surface area (Å²) in [5.41, 5.74) is 0.341. The summed E-state index contributed by atoms with van der Waals surface area (Å²) in [6, 6.07) is 0.209. The molecule has 2 amide bonds. The molecule has 3 rings (SSSR count). The van der Waals surface area contributed by atoms with Gasteiger partial charge in [-0.1, -0.05) is 13.8 Å². The molecule has 1 heterocycles. The molecule has 5 heteroatoms. The van der Waals surface area contributed by atoms with Crippen molar-refractivity contribution in [2.45, 2.75) is 51.7 Å². The normalized spacial score (nSPS) is 34.7. The summed E-state index contributed by atoms with van der Waals surface area (Å²) in [5.74, 6) is 0.495. The van der Waals surface area contributed by atoms with Gasteiger partial charge in [-0.3, -0.25) is 0 Å². The van der Waals surface area contributed by atoms with Crippen molar-refractivity contribution >= 4 is 6.03 Å². The third-order valence-electron chi connectivity index (χ3n) is 5.80. The number of carbonyl (C=O) groups excluding carboxylic acids is 1. The molecule has 120 valence electrons. The summed E-state index contributed by atoms with van der Waals surface area (Å²) < 4.78 is 10.9. The maximum atomic E-state index is 12.2. The van der Waals surface area contributed by atoms with Crippen LogP contribution in [0.25, 0.3) is 0 Å². The Bertz CT molecular complexity index is 406. The molecule has 1 saturated heterocycles. The smallest absolute Gasteiger partial charge is 0.315 e. The lowest BCUT2D eigenvalue weighted by Gasteiger charge is -2.54. The second-order valence-electron chi connectivity index (χ2n) is 7.61. The monoisotopic (exact) mass is 296 g/mol. The Balaban J connectivity index is 1.45. The number of fused-ring (bicyclic) bond motifs is 1. The standard InChI is InChI=1S/C16H28N2O3/c1-15(2)12(11-4-8-21-13(11)15)18-14(19)17-10-16(5-6-16)7-9-20-3/h11-13H,4-10H2,1-3H3,(H2,17,18,19)/t11-,12+,13+/m0/s1. The van der Waals surface area contributed by atoms with E-state index in [1.165, 1.54) is 12.8 Å². The molecule has 3 aliphatic rings. The molecule has 0 aromatic rings. The van der Waals surface area contributed by atoms with Crippen molar-refractivity contribution in [3.8, 4) is 0 Å². The van der Waals surface area contributed by atoms with Crippen LogP contribution < -0.4 is 10.6 Å². The van der Waals surface area contributed by atoms with E-state index in [2.05, 4.69) is 24.5 Å². The molecule has 21 heavy (non-hydrogen) atoms. The molecule has 0 spiro atoms. The fourth-order valence-electron chi connectivity index (χ4n) is 4.09. The van der Waals surface area contributed by atoms with Gasteiger partial charge in [0.15, 0.2) is 0 Å². The van der Waals surface area contributed by atoms with Gasteiger partial charge in [-0.15, -0.1) is 0 Å². The van der Waals surface area contributed by atoms with E-state index in [9.17, 15) is 4.79 Å². The van der Waals surface area contributed by atoms with Crippen LogP contribution >= 0.6 is 0 Å². The van der Waals surface area contributed by atoms with Crippen LogP contribution in [0.2, 0.25) is 0 Å². The summed E-state index contributed by atoms with van der Waals surface area (Å²) in [7, 11) is 1.73. The van der Waals surface area contributed by atoms with Gasteiger partial charge in [0.1, 0.15) is 0 Å². The Morgan fingerprint density at radius 2 is 2.14 bits per heavy atom. The molecule has 5 nitrogen and oxygen atoms in total. The zero-order valence-electron chi connectivity index (χ0n) is 13.4. The highest BCUT2D eigenvalue weighted by Gasteiger charge is 2.59. The number of ether oxygens (including phenoxy) is 2. The predicted molar refractivity (Wildman–Crippen MR) is 80.1 cm³/mol. The maximum Gasteiger partial charge on any atom is 0.315 e. The summed E-state index contributed by atoms with van der Waals surface area (Å²) >= 11 is 0. The number of urea groups is 1. The van der Waals surface area contributed by atoms with Gasteiger partial charge in [0.2, 0.25) is 0 Å². The number of hydrogen-bond donors (Lipinski definition) is 2. The van der Waals surface area contributed by atoms with Gasteiger partial charge in [0.05, 0.1) is 6.10 Å². The molecule has 2 aliphatic carbocycles. The van der Waals surface area contributed by atoms with Crippen molar-refractivity contribution in [1.82, 2.24) is 10.6 Å². The van der Waals surface area contributed by atoms with Crippen LogP contribution in [-0.2, 0) is 9.47 Å². The van der Waals surface area contributed by atoms with Crippen LogP contribution in [0.3, 0.4) is 0 Å². The molecular weight excluding hydrogens is 268 g/mol. The molecule has 2 saturated carbocycles. The van der Waals surface area contributed by atoms with Crippen molar-refractivity contribution in [1.29, 1.82) is 0 Å². The second-order valence-corrected chi connectivity index (χ2v) is 7.61. The lowest BCUT2D eigenvalue weighted by molar-refractivity contribution is -0.108. The van der Waals surface area contributed by atoms with E-state index in [1.54, 1.807) is 7.11 Å². The van der Waals surface area contributed by atoms with E-state index in [-0.39, 0.29) is 17.5 Å². The second kappa shape index (κ2) is 5.43. The first kappa shape index (κ1) is 15.1. The van der Waals surface area contributed by atoms with E-state index in [0.29, 0.717) is 17.4 Å². The topological polar surface area (TPSA) is 59.6 Å². The van der Waals surface area contributed by atoms with Gasteiger partial charge >= 0.3 is 6.03 Å². The largest absolute Gasteiger partial charge is 0.385 e. The highest BCUT2D eigenvalue weighted by Crippen LogP contribution is 2.52. The van der Waals surface area contributed by atoms with E-state index in [1.807, 2.05) is 0 Å². The Labute approximate surface area is 127 Å². The van der Waals surface area contributed by atoms with E-state index in [4.69, 9.17) is 9.47 Å². The van der Waals surface area contributed by atoms with Crippen LogP contribution in [0.4, 0.5) is 4.79 Å². The van der Waals surface area contributed by atoms with Gasteiger partial charge in [0.25, 0.3) is 0 Å². The third-order valence-corrected chi connectivity index (χ3v) is 5.80. The number of methoxy groups -OCH3 is 1. The first-order chi connectivity index (χ1) is 9.98. The predicted octanol–water partition coefficient (Wildman–Crippen LogP) is 1.92. The fraction of sp³-hybridized carbons (Fsp3) is 0.938. The highest BCUT2D eigenvalue weighted by atomic mass is 16.5. The average molecular weight is 296 g/mol. The Hall–Kier alpha value is -0.810. The van der Waals surface area contributed by atoms with Crippen molar-refractivity contribution in [2.24, 2.45) is 16.7 Å². The molecule has 0 bridgehead atoms. The highest BCUT2D eigenvalue weighted by molar-refractivity contribution is 5.74. The molecule has 1 aliphatic heterocycles. The average Bonchev–Trinajstić information content (AvgIpc) is 3.08. The molecule has 3 fully saturated rings. The number of amides is 2. The van der Waals surface area contributed by atoms with Crippen LogP contribution in [0, 0.1) is 16.7 Å². The maximum absolute atomic E-state index is 12.2. The molecule has 0 aromatic heterocycles. The lowest BCUT2D eigenvalue weighted by Crippen LogP contribution is -2.67. The Morgan fingerprint density at radius 1 is 1.38 bits per heavy atom. The Kier molecular flexibility index (Phi) is 3.91. The van der Waals surface area contributed by atoms with Crippen LogP contribution in [-0.4, -0.2) is 45.0 Å². The molecule has 2 N–H and O–H groups in total. The van der Waals surface area contributed by atoms with Crippen LogP contribution in [0.1, 0.15) is 39.5 Å². The first-order valence-corrected chi connectivity index (χ1v) is 8.13. The minimum absolute atomic E-state index is 0.0258. The number of hydrogen-bond acceptors (Lipinski definition) is 3. The number of nitrogens with one attached hydrogen (secondary N) is 2. The minimum Gasteiger partial charge on any atom is -0.385 e. The zero-order chi connectivity index (χ0) is 15.1. The van der Waals surface area contributed by atoms with E-state index in [0.717, 1.165) is 32.6 Å². The van der Waals surface area contributed by atoms with Crippen LogP contribution in [0.5, 0.6) is 0 Å². The van der Waals surface area contributed by atoms with Crippen molar-refractivity contribution < 1.29 is 14.3 Å². The van der Waals surface area contributed by atoms with Crippen molar-refractivity contribution in [2.75, 3.05) is 26.9 Å². The molecule has 0 aromatic carbocycles. The number of rotatable bonds is 6. The SMILES string of the molecule is COCCC1(CNC(=O)N[C@@H]2[C@@H]3CCO[C@H]3C2(C)C)CC1.